The SMILES string of the molecule is CCCCCc1ccc(Nc2ccccc2-c2cc(-c3ccc(C(C)(C)C)cc3)c3c4ccccc4n4c3c2Bc2oc3ccc(C(C)(C)C)cc3c2-4)cc1. The lowest BCUT2D eigenvalue weighted by molar-refractivity contribution is 0.590. The van der Waals surface area contributed by atoms with Gasteiger partial charge in [0.25, 0.3) is 0 Å². The van der Waals surface area contributed by atoms with Crippen LogP contribution in [0, 0.1) is 0 Å². The molecule has 9 rings (SSSR count). The zero-order chi connectivity index (χ0) is 38.1. The lowest BCUT2D eigenvalue weighted by atomic mass is 9.62. The summed E-state index contributed by atoms with van der Waals surface area (Å²) >= 11 is 0. The summed E-state index contributed by atoms with van der Waals surface area (Å²) in [5, 5.41) is 7.58. The maximum Gasteiger partial charge on any atom is 0.244 e. The van der Waals surface area contributed by atoms with Crippen LogP contribution in [0.15, 0.2) is 126 Å². The Balaban J connectivity index is 1.30. The number of aromatic nitrogens is 1. The zero-order valence-electron chi connectivity index (χ0n) is 33.4. The van der Waals surface area contributed by atoms with E-state index in [4.69, 9.17) is 4.42 Å². The number of nitrogens with one attached hydrogen (secondary N) is 1. The Hall–Kier alpha value is -5.48. The molecule has 3 nitrogen and oxygen atoms in total. The number of hydrogen-bond donors (Lipinski definition) is 1. The van der Waals surface area contributed by atoms with Crippen molar-refractivity contribution < 1.29 is 4.42 Å². The van der Waals surface area contributed by atoms with Gasteiger partial charge in [0.15, 0.2) is 0 Å². The molecular formula is C51H51BN2O. The van der Waals surface area contributed by atoms with E-state index in [0.29, 0.717) is 7.28 Å². The molecule has 8 aromatic rings. The van der Waals surface area contributed by atoms with E-state index >= 15 is 0 Å². The maximum absolute atomic E-state index is 6.85. The van der Waals surface area contributed by atoms with Gasteiger partial charge in [-0.3, -0.25) is 0 Å². The van der Waals surface area contributed by atoms with Crippen molar-refractivity contribution in [1.82, 2.24) is 4.57 Å². The van der Waals surface area contributed by atoms with Crippen LogP contribution in [-0.2, 0) is 17.3 Å². The summed E-state index contributed by atoms with van der Waals surface area (Å²) in [5.74, 6) is 0. The summed E-state index contributed by atoms with van der Waals surface area (Å²) in [5.41, 5.74) is 18.1. The van der Waals surface area contributed by atoms with E-state index in [1.165, 1.54) is 96.5 Å². The third-order valence-electron chi connectivity index (χ3n) is 11.8. The Kier molecular flexibility index (Phi) is 8.57. The van der Waals surface area contributed by atoms with Crippen molar-refractivity contribution >= 4 is 62.6 Å². The fraction of sp³-hybridized carbons (Fsp3) is 0.255. The van der Waals surface area contributed by atoms with Crippen LogP contribution in [0.5, 0.6) is 0 Å². The largest absolute Gasteiger partial charge is 0.469 e. The van der Waals surface area contributed by atoms with E-state index in [-0.39, 0.29) is 10.8 Å². The topological polar surface area (TPSA) is 30.1 Å². The van der Waals surface area contributed by atoms with E-state index < -0.39 is 0 Å². The van der Waals surface area contributed by atoms with Gasteiger partial charge < -0.3 is 14.3 Å². The molecule has 4 heteroatoms. The molecule has 55 heavy (non-hydrogen) atoms. The number of unbranched alkanes of at least 4 members (excludes halogenated alkanes) is 2. The summed E-state index contributed by atoms with van der Waals surface area (Å²) < 4.78 is 9.38. The second kappa shape index (κ2) is 13.4. The molecule has 274 valence electrons. The molecule has 0 saturated carbocycles. The first-order valence-electron chi connectivity index (χ1n) is 20.2. The van der Waals surface area contributed by atoms with Crippen molar-refractivity contribution in [3.05, 3.63) is 138 Å². The summed E-state index contributed by atoms with van der Waals surface area (Å²) in [4.78, 5) is 0. The van der Waals surface area contributed by atoms with Crippen molar-refractivity contribution in [1.29, 1.82) is 0 Å². The highest BCUT2D eigenvalue weighted by molar-refractivity contribution is 6.73. The van der Waals surface area contributed by atoms with Gasteiger partial charge in [-0.15, -0.1) is 0 Å². The van der Waals surface area contributed by atoms with Gasteiger partial charge in [0.1, 0.15) is 5.58 Å². The number of rotatable bonds is 8. The summed E-state index contributed by atoms with van der Waals surface area (Å²) in [6.45, 7) is 16.0. The third kappa shape index (κ3) is 6.17. The van der Waals surface area contributed by atoms with Crippen LogP contribution in [0.3, 0.4) is 0 Å². The lowest BCUT2D eigenvalue weighted by Crippen LogP contribution is -2.36. The predicted molar refractivity (Wildman–Crippen MR) is 238 cm³/mol. The van der Waals surface area contributed by atoms with Gasteiger partial charge in [0, 0.05) is 33.1 Å². The second-order valence-electron chi connectivity index (χ2n) is 17.7. The Labute approximate surface area is 326 Å². The molecule has 1 aliphatic heterocycles. The first-order valence-corrected chi connectivity index (χ1v) is 20.2. The van der Waals surface area contributed by atoms with E-state index in [2.05, 4.69) is 180 Å². The Morgan fingerprint density at radius 3 is 2.11 bits per heavy atom. The van der Waals surface area contributed by atoms with Crippen LogP contribution in [0.2, 0.25) is 0 Å². The van der Waals surface area contributed by atoms with Crippen molar-refractivity contribution in [2.45, 2.75) is 85.0 Å². The van der Waals surface area contributed by atoms with Crippen molar-refractivity contribution in [3.63, 3.8) is 0 Å². The fourth-order valence-electron chi connectivity index (χ4n) is 8.70. The van der Waals surface area contributed by atoms with Gasteiger partial charge in [-0.2, -0.15) is 0 Å². The minimum Gasteiger partial charge on any atom is -0.469 e. The highest BCUT2D eigenvalue weighted by Gasteiger charge is 2.33. The number of fused-ring (bicyclic) bond motifs is 7. The molecular weight excluding hydrogens is 667 g/mol. The van der Waals surface area contributed by atoms with Gasteiger partial charge in [-0.05, 0) is 105 Å². The molecule has 6 aromatic carbocycles. The smallest absolute Gasteiger partial charge is 0.244 e. The molecule has 0 atom stereocenters. The van der Waals surface area contributed by atoms with E-state index in [9.17, 15) is 0 Å². The average Bonchev–Trinajstić information content (AvgIpc) is 3.71. The van der Waals surface area contributed by atoms with Crippen LogP contribution in [0.4, 0.5) is 11.4 Å². The molecule has 0 amide bonds. The standard InChI is InChI=1S/C51H51BN2O/c1-8-9-10-15-32-20-27-36(28-21-32)53-42-18-13-11-16-37(42)40-31-39(33-22-24-34(25-23-33)50(2,3)4)45-38-17-12-14-19-43(38)54-47-41-30-35(51(5,6)7)26-29-44(41)55-49(47)52-46(40)48(45)54/h11-14,16-31,52-53H,8-10,15H2,1-7H3. The molecule has 1 aliphatic rings. The lowest BCUT2D eigenvalue weighted by Gasteiger charge is -2.23. The summed E-state index contributed by atoms with van der Waals surface area (Å²) in [6.07, 6.45) is 4.88. The number of hydrogen-bond acceptors (Lipinski definition) is 2. The second-order valence-corrected chi connectivity index (χ2v) is 17.7. The molecule has 0 fully saturated rings. The molecule has 1 N–H and O–H groups in total. The van der Waals surface area contributed by atoms with Crippen LogP contribution >= 0.6 is 0 Å². The van der Waals surface area contributed by atoms with Crippen LogP contribution in [-0.4, -0.2) is 11.8 Å². The van der Waals surface area contributed by atoms with Crippen molar-refractivity contribution in [2.24, 2.45) is 0 Å². The van der Waals surface area contributed by atoms with E-state index in [1.807, 2.05) is 0 Å². The number of anilines is 2. The molecule has 0 radical (unpaired) electrons. The average molecular weight is 719 g/mol. The fourth-order valence-corrected chi connectivity index (χ4v) is 8.70. The van der Waals surface area contributed by atoms with E-state index in [1.54, 1.807) is 0 Å². The van der Waals surface area contributed by atoms with Crippen molar-refractivity contribution in [2.75, 3.05) is 5.32 Å². The molecule has 2 aromatic heterocycles. The monoisotopic (exact) mass is 718 g/mol. The van der Waals surface area contributed by atoms with Gasteiger partial charge in [-0.1, -0.05) is 140 Å². The molecule has 0 aliphatic carbocycles. The number of aryl methyl sites for hydroxylation is 1. The van der Waals surface area contributed by atoms with Crippen LogP contribution in [0.25, 0.3) is 60.7 Å². The number of nitrogens with zero attached hydrogens (tertiary/aromatic N) is 1. The Bertz CT molecular complexity index is 2720. The Morgan fingerprint density at radius 2 is 1.36 bits per heavy atom. The van der Waals surface area contributed by atoms with Crippen LogP contribution in [0.1, 0.15) is 84.4 Å². The zero-order valence-corrected chi connectivity index (χ0v) is 33.4. The first kappa shape index (κ1) is 35.2. The molecule has 0 saturated heterocycles. The third-order valence-corrected chi connectivity index (χ3v) is 11.8. The maximum atomic E-state index is 6.85. The number of furan rings is 1. The Morgan fingerprint density at radius 1 is 0.655 bits per heavy atom. The summed E-state index contributed by atoms with van der Waals surface area (Å²) in [7, 11) is 0.709. The van der Waals surface area contributed by atoms with Crippen molar-refractivity contribution in [3.8, 4) is 27.9 Å². The normalized spacial score (nSPS) is 12.7. The highest BCUT2D eigenvalue weighted by Crippen LogP contribution is 2.44. The van der Waals surface area contributed by atoms with Gasteiger partial charge >= 0.3 is 0 Å². The van der Waals surface area contributed by atoms with Gasteiger partial charge in [0.2, 0.25) is 7.28 Å². The van der Waals surface area contributed by atoms with Gasteiger partial charge in [-0.25, -0.2) is 0 Å². The molecule has 3 heterocycles. The summed E-state index contributed by atoms with van der Waals surface area (Å²) in [6, 6.07) is 45.3. The first-order chi connectivity index (χ1) is 26.5. The molecule has 0 bridgehead atoms. The minimum absolute atomic E-state index is 0.0185. The number of benzene rings is 6. The quantitative estimate of drug-likeness (QED) is 0.125. The van der Waals surface area contributed by atoms with Gasteiger partial charge in [0.05, 0.1) is 22.4 Å². The molecule has 0 unspecified atom stereocenters. The number of para-hydroxylation sites is 2. The minimum atomic E-state index is 0.0185. The molecule has 0 spiro atoms. The highest BCUT2D eigenvalue weighted by atomic mass is 16.3. The predicted octanol–water partition coefficient (Wildman–Crippen LogP) is 12.6. The van der Waals surface area contributed by atoms with E-state index in [0.717, 1.165) is 29.0 Å². The van der Waals surface area contributed by atoms with Crippen LogP contribution < -0.4 is 16.4 Å².